The van der Waals surface area contributed by atoms with Gasteiger partial charge in [0, 0.05) is 12.0 Å². The quantitative estimate of drug-likeness (QED) is 0.707. The van der Waals surface area contributed by atoms with Crippen molar-refractivity contribution < 1.29 is 15.0 Å². The fourth-order valence-electron chi connectivity index (χ4n) is 1.49. The minimum Gasteiger partial charge on any atom is -0.478 e. The molecule has 0 aromatic heterocycles. The van der Waals surface area contributed by atoms with Crippen molar-refractivity contribution in [3.8, 4) is 0 Å². The van der Waals surface area contributed by atoms with E-state index >= 15 is 0 Å². The Morgan fingerprint density at radius 1 is 1.57 bits per heavy atom. The van der Waals surface area contributed by atoms with Gasteiger partial charge >= 0.3 is 5.97 Å². The lowest BCUT2D eigenvalue weighted by atomic mass is 9.79. The predicted molar refractivity (Wildman–Crippen MR) is 53.9 cm³/mol. The fourth-order valence-corrected chi connectivity index (χ4v) is 1.49. The number of aliphatic hydroxyl groups is 1. The summed E-state index contributed by atoms with van der Waals surface area (Å²) in [5, 5.41) is 19.0. The Balaban J connectivity index is 3.01. The standard InChI is InChI=1S/C11H16O3/c1-7(2)11(14)5-4-8(3)9(6-11)10(12)13/h4-5,7,14H,6H2,1-3H3,(H,12,13). The van der Waals surface area contributed by atoms with Crippen LogP contribution in [0.1, 0.15) is 27.2 Å². The van der Waals surface area contributed by atoms with E-state index in [2.05, 4.69) is 0 Å². The molecule has 2 N–H and O–H groups in total. The number of hydrogen-bond donors (Lipinski definition) is 2. The second-order valence-corrected chi connectivity index (χ2v) is 4.12. The number of allylic oxidation sites excluding steroid dienone is 2. The van der Waals surface area contributed by atoms with Crippen molar-refractivity contribution in [2.75, 3.05) is 0 Å². The maximum absolute atomic E-state index is 10.9. The lowest BCUT2D eigenvalue weighted by Gasteiger charge is -2.32. The first kappa shape index (κ1) is 11.0. The third-order valence-corrected chi connectivity index (χ3v) is 2.82. The number of carboxylic acid groups (broad SMARTS) is 1. The highest BCUT2D eigenvalue weighted by molar-refractivity contribution is 5.88. The molecule has 3 heteroatoms. The predicted octanol–water partition coefficient (Wildman–Crippen LogP) is 1.73. The van der Waals surface area contributed by atoms with Crippen LogP contribution in [-0.2, 0) is 4.79 Å². The molecule has 0 fully saturated rings. The Labute approximate surface area is 83.8 Å². The van der Waals surface area contributed by atoms with Gasteiger partial charge in [0.15, 0.2) is 0 Å². The first-order chi connectivity index (χ1) is 6.37. The third kappa shape index (κ3) is 1.87. The summed E-state index contributed by atoms with van der Waals surface area (Å²) in [5.74, 6) is -0.924. The van der Waals surface area contributed by atoms with Gasteiger partial charge in [0.1, 0.15) is 0 Å². The summed E-state index contributed by atoms with van der Waals surface area (Å²) >= 11 is 0. The van der Waals surface area contributed by atoms with E-state index in [1.165, 1.54) is 0 Å². The minimum atomic E-state index is -1.01. The van der Waals surface area contributed by atoms with E-state index in [0.29, 0.717) is 5.57 Å². The molecule has 0 bridgehead atoms. The van der Waals surface area contributed by atoms with E-state index in [9.17, 15) is 9.90 Å². The highest BCUT2D eigenvalue weighted by Gasteiger charge is 2.33. The zero-order chi connectivity index (χ0) is 10.9. The van der Waals surface area contributed by atoms with Crippen LogP contribution in [0.25, 0.3) is 0 Å². The summed E-state index contributed by atoms with van der Waals surface area (Å²) in [6, 6.07) is 0. The van der Waals surface area contributed by atoms with Crippen LogP contribution in [0.2, 0.25) is 0 Å². The third-order valence-electron chi connectivity index (χ3n) is 2.82. The molecule has 1 aliphatic carbocycles. The van der Waals surface area contributed by atoms with Crippen LogP contribution in [0.4, 0.5) is 0 Å². The van der Waals surface area contributed by atoms with Gasteiger partial charge < -0.3 is 10.2 Å². The number of rotatable bonds is 2. The molecule has 0 aliphatic heterocycles. The summed E-state index contributed by atoms with van der Waals surface area (Å²) in [6.07, 6.45) is 3.58. The molecule has 1 atom stereocenters. The Morgan fingerprint density at radius 2 is 2.14 bits per heavy atom. The number of hydrogen-bond acceptors (Lipinski definition) is 2. The van der Waals surface area contributed by atoms with Crippen LogP contribution in [0.3, 0.4) is 0 Å². The van der Waals surface area contributed by atoms with Gasteiger partial charge in [-0.2, -0.15) is 0 Å². The van der Waals surface area contributed by atoms with Crippen LogP contribution >= 0.6 is 0 Å². The van der Waals surface area contributed by atoms with Crippen molar-refractivity contribution >= 4 is 5.97 Å². The van der Waals surface area contributed by atoms with E-state index in [4.69, 9.17) is 5.11 Å². The molecule has 78 valence electrons. The largest absolute Gasteiger partial charge is 0.478 e. The molecule has 0 amide bonds. The highest BCUT2D eigenvalue weighted by atomic mass is 16.4. The summed E-state index contributed by atoms with van der Waals surface area (Å²) in [7, 11) is 0. The Kier molecular flexibility index (Phi) is 2.81. The second-order valence-electron chi connectivity index (χ2n) is 4.12. The molecule has 0 saturated heterocycles. The lowest BCUT2D eigenvalue weighted by molar-refractivity contribution is -0.133. The second kappa shape index (κ2) is 3.58. The van der Waals surface area contributed by atoms with E-state index in [0.717, 1.165) is 5.57 Å². The maximum Gasteiger partial charge on any atom is 0.331 e. The van der Waals surface area contributed by atoms with Gasteiger partial charge in [-0.1, -0.05) is 26.0 Å². The molecule has 0 heterocycles. The molecule has 1 rings (SSSR count). The van der Waals surface area contributed by atoms with Crippen LogP contribution in [-0.4, -0.2) is 21.8 Å². The SMILES string of the molecule is CC1=C(C(=O)O)CC(O)(C(C)C)C=C1. The Bertz CT molecular complexity index is 312. The van der Waals surface area contributed by atoms with Gasteiger partial charge in [-0.05, 0) is 18.4 Å². The molecular weight excluding hydrogens is 180 g/mol. The first-order valence-electron chi connectivity index (χ1n) is 4.71. The average Bonchev–Trinajstić information content (AvgIpc) is 2.09. The summed E-state index contributed by atoms with van der Waals surface area (Å²) in [4.78, 5) is 10.9. The van der Waals surface area contributed by atoms with Crippen molar-refractivity contribution in [3.05, 3.63) is 23.3 Å². The first-order valence-corrected chi connectivity index (χ1v) is 4.71. The van der Waals surface area contributed by atoms with E-state index < -0.39 is 11.6 Å². The highest BCUT2D eigenvalue weighted by Crippen LogP contribution is 2.32. The molecule has 14 heavy (non-hydrogen) atoms. The molecule has 3 nitrogen and oxygen atoms in total. The summed E-state index contributed by atoms with van der Waals surface area (Å²) in [6.45, 7) is 5.51. The zero-order valence-electron chi connectivity index (χ0n) is 8.74. The van der Waals surface area contributed by atoms with Gasteiger partial charge in [0.05, 0.1) is 5.60 Å². The minimum absolute atomic E-state index is 0.0150. The zero-order valence-corrected chi connectivity index (χ0v) is 8.74. The number of carbonyl (C=O) groups is 1. The van der Waals surface area contributed by atoms with Crippen LogP contribution in [0, 0.1) is 5.92 Å². The normalized spacial score (nSPS) is 27.2. The van der Waals surface area contributed by atoms with Crippen molar-refractivity contribution in [3.63, 3.8) is 0 Å². The maximum atomic E-state index is 10.9. The summed E-state index contributed by atoms with van der Waals surface area (Å²) < 4.78 is 0. The number of carboxylic acids is 1. The van der Waals surface area contributed by atoms with Crippen LogP contribution < -0.4 is 0 Å². The molecule has 0 radical (unpaired) electrons. The molecule has 0 spiro atoms. The van der Waals surface area contributed by atoms with Gasteiger partial charge in [0.25, 0.3) is 0 Å². The smallest absolute Gasteiger partial charge is 0.331 e. The van der Waals surface area contributed by atoms with E-state index in [-0.39, 0.29) is 12.3 Å². The molecule has 0 saturated carbocycles. The van der Waals surface area contributed by atoms with Gasteiger partial charge in [0.2, 0.25) is 0 Å². The molecule has 0 aromatic carbocycles. The van der Waals surface area contributed by atoms with E-state index in [1.54, 1.807) is 19.1 Å². The fraction of sp³-hybridized carbons (Fsp3) is 0.545. The van der Waals surface area contributed by atoms with Gasteiger partial charge in [-0.3, -0.25) is 0 Å². The average molecular weight is 196 g/mol. The number of aliphatic carboxylic acids is 1. The van der Waals surface area contributed by atoms with Crippen molar-refractivity contribution in [1.82, 2.24) is 0 Å². The van der Waals surface area contributed by atoms with Crippen molar-refractivity contribution in [1.29, 1.82) is 0 Å². The van der Waals surface area contributed by atoms with Gasteiger partial charge in [-0.25, -0.2) is 4.79 Å². The molecule has 1 unspecified atom stereocenters. The molecular formula is C11H16O3. The topological polar surface area (TPSA) is 57.5 Å². The molecule has 1 aliphatic rings. The Morgan fingerprint density at radius 3 is 2.57 bits per heavy atom. The van der Waals surface area contributed by atoms with Crippen molar-refractivity contribution in [2.45, 2.75) is 32.8 Å². The lowest BCUT2D eigenvalue weighted by Crippen LogP contribution is -2.36. The summed E-state index contributed by atoms with van der Waals surface area (Å²) in [5.41, 5.74) is 0.0271. The van der Waals surface area contributed by atoms with Crippen LogP contribution in [0.5, 0.6) is 0 Å². The monoisotopic (exact) mass is 196 g/mol. The van der Waals surface area contributed by atoms with Crippen LogP contribution in [0.15, 0.2) is 23.3 Å². The molecule has 0 aromatic rings. The van der Waals surface area contributed by atoms with Crippen molar-refractivity contribution in [2.24, 2.45) is 5.92 Å². The van der Waals surface area contributed by atoms with E-state index in [1.807, 2.05) is 13.8 Å². The van der Waals surface area contributed by atoms with Gasteiger partial charge in [-0.15, -0.1) is 0 Å². The Hall–Kier alpha value is -1.09.